The Hall–Kier alpha value is -2.29. The second-order valence-corrected chi connectivity index (χ2v) is 4.61. The van der Waals surface area contributed by atoms with Crippen LogP contribution in [-0.4, -0.2) is 5.91 Å². The zero-order chi connectivity index (χ0) is 14.2. The van der Waals surface area contributed by atoms with Crippen LogP contribution in [0, 0.1) is 0 Å². The van der Waals surface area contributed by atoms with E-state index in [4.69, 9.17) is 4.42 Å². The first-order valence-electron chi connectivity index (χ1n) is 6.86. The van der Waals surface area contributed by atoms with Gasteiger partial charge in [0.1, 0.15) is 5.76 Å². The minimum Gasteiger partial charge on any atom is -0.465 e. The Balaban J connectivity index is 1.99. The SMILES string of the molecule is CCCC(NC(=O)/C=C/c1ccco1)c1ccccc1. The molecule has 20 heavy (non-hydrogen) atoms. The monoisotopic (exact) mass is 269 g/mol. The molecule has 0 saturated carbocycles. The Morgan fingerprint density at radius 1 is 1.25 bits per heavy atom. The van der Waals surface area contributed by atoms with E-state index in [0.717, 1.165) is 18.4 Å². The van der Waals surface area contributed by atoms with Crippen molar-refractivity contribution in [1.82, 2.24) is 5.32 Å². The lowest BCUT2D eigenvalue weighted by molar-refractivity contribution is -0.117. The number of amides is 1. The van der Waals surface area contributed by atoms with Crippen molar-refractivity contribution in [2.75, 3.05) is 0 Å². The summed E-state index contributed by atoms with van der Waals surface area (Å²) in [4.78, 5) is 12.0. The number of hydrogen-bond acceptors (Lipinski definition) is 2. The summed E-state index contributed by atoms with van der Waals surface area (Å²) >= 11 is 0. The van der Waals surface area contributed by atoms with Crippen LogP contribution in [0.3, 0.4) is 0 Å². The quantitative estimate of drug-likeness (QED) is 0.807. The molecular formula is C17H19NO2. The predicted molar refractivity (Wildman–Crippen MR) is 80.0 cm³/mol. The lowest BCUT2D eigenvalue weighted by Gasteiger charge is -2.17. The van der Waals surface area contributed by atoms with E-state index in [1.165, 1.54) is 6.08 Å². The van der Waals surface area contributed by atoms with Gasteiger partial charge < -0.3 is 9.73 Å². The maximum Gasteiger partial charge on any atom is 0.244 e. The number of benzene rings is 1. The van der Waals surface area contributed by atoms with Gasteiger partial charge in [-0.05, 0) is 30.2 Å². The highest BCUT2D eigenvalue weighted by molar-refractivity contribution is 5.91. The van der Waals surface area contributed by atoms with Gasteiger partial charge in [0.15, 0.2) is 0 Å². The molecule has 3 nitrogen and oxygen atoms in total. The van der Waals surface area contributed by atoms with Crippen LogP contribution in [0.5, 0.6) is 0 Å². The Kier molecular flexibility index (Phi) is 5.18. The fraction of sp³-hybridized carbons (Fsp3) is 0.235. The molecule has 1 N–H and O–H groups in total. The molecule has 1 amide bonds. The standard InChI is InChI=1S/C17H19NO2/c1-2-7-16(14-8-4-3-5-9-14)18-17(19)12-11-15-10-6-13-20-15/h3-6,8-13,16H,2,7H2,1H3,(H,18,19)/b12-11+. The van der Waals surface area contributed by atoms with E-state index >= 15 is 0 Å². The van der Waals surface area contributed by atoms with Crippen molar-refractivity contribution < 1.29 is 9.21 Å². The second-order valence-electron chi connectivity index (χ2n) is 4.61. The average Bonchev–Trinajstić information content (AvgIpc) is 2.99. The molecule has 0 aliphatic carbocycles. The van der Waals surface area contributed by atoms with Gasteiger partial charge in [0.05, 0.1) is 12.3 Å². The average molecular weight is 269 g/mol. The van der Waals surface area contributed by atoms with Gasteiger partial charge in [-0.2, -0.15) is 0 Å². The summed E-state index contributed by atoms with van der Waals surface area (Å²) in [6.07, 6.45) is 6.70. The first-order valence-corrected chi connectivity index (χ1v) is 6.86. The summed E-state index contributed by atoms with van der Waals surface area (Å²) in [5, 5.41) is 3.03. The zero-order valence-corrected chi connectivity index (χ0v) is 11.6. The van der Waals surface area contributed by atoms with Crippen LogP contribution >= 0.6 is 0 Å². The Morgan fingerprint density at radius 2 is 2.05 bits per heavy atom. The van der Waals surface area contributed by atoms with Crippen molar-refractivity contribution in [3.8, 4) is 0 Å². The molecule has 3 heteroatoms. The summed E-state index contributed by atoms with van der Waals surface area (Å²) in [7, 11) is 0. The van der Waals surface area contributed by atoms with Gasteiger partial charge in [-0.25, -0.2) is 0 Å². The number of furan rings is 1. The molecule has 0 aliphatic heterocycles. The van der Waals surface area contributed by atoms with Gasteiger partial charge in [0, 0.05) is 6.08 Å². The summed E-state index contributed by atoms with van der Waals surface area (Å²) in [5.74, 6) is 0.565. The highest BCUT2D eigenvalue weighted by atomic mass is 16.3. The Bertz CT molecular complexity index is 544. The molecule has 2 aromatic rings. The maximum atomic E-state index is 12.0. The van der Waals surface area contributed by atoms with Crippen LogP contribution in [-0.2, 0) is 4.79 Å². The first-order chi connectivity index (χ1) is 9.79. The normalized spacial score (nSPS) is 12.4. The van der Waals surface area contributed by atoms with E-state index in [9.17, 15) is 4.79 Å². The highest BCUT2D eigenvalue weighted by Crippen LogP contribution is 2.18. The fourth-order valence-electron chi connectivity index (χ4n) is 2.06. The van der Waals surface area contributed by atoms with Crippen molar-refractivity contribution in [3.63, 3.8) is 0 Å². The fourth-order valence-corrected chi connectivity index (χ4v) is 2.06. The highest BCUT2D eigenvalue weighted by Gasteiger charge is 2.11. The Morgan fingerprint density at radius 3 is 2.70 bits per heavy atom. The molecule has 1 heterocycles. The number of nitrogens with one attached hydrogen (secondary N) is 1. The van der Waals surface area contributed by atoms with Gasteiger partial charge in [-0.15, -0.1) is 0 Å². The van der Waals surface area contributed by atoms with Crippen molar-refractivity contribution >= 4 is 12.0 Å². The van der Waals surface area contributed by atoms with E-state index in [1.807, 2.05) is 36.4 Å². The molecule has 0 saturated heterocycles. The zero-order valence-electron chi connectivity index (χ0n) is 11.6. The molecule has 1 aromatic carbocycles. The van der Waals surface area contributed by atoms with Gasteiger partial charge in [-0.1, -0.05) is 43.7 Å². The molecule has 1 aromatic heterocycles. The molecule has 104 valence electrons. The third-order valence-corrected chi connectivity index (χ3v) is 3.04. The molecule has 0 spiro atoms. The number of carbonyl (C=O) groups excluding carboxylic acids is 1. The van der Waals surface area contributed by atoms with E-state index < -0.39 is 0 Å². The second kappa shape index (κ2) is 7.34. The number of hydrogen-bond donors (Lipinski definition) is 1. The molecular weight excluding hydrogens is 250 g/mol. The van der Waals surface area contributed by atoms with Crippen LogP contribution in [0.4, 0.5) is 0 Å². The summed E-state index contributed by atoms with van der Waals surface area (Å²) in [6.45, 7) is 2.11. The van der Waals surface area contributed by atoms with Crippen molar-refractivity contribution in [3.05, 3.63) is 66.1 Å². The van der Waals surface area contributed by atoms with E-state index in [1.54, 1.807) is 18.4 Å². The van der Waals surface area contributed by atoms with Crippen LogP contribution in [0.2, 0.25) is 0 Å². The van der Waals surface area contributed by atoms with Gasteiger partial charge in [0.2, 0.25) is 5.91 Å². The van der Waals surface area contributed by atoms with Crippen LogP contribution in [0.25, 0.3) is 6.08 Å². The molecule has 0 fully saturated rings. The van der Waals surface area contributed by atoms with Gasteiger partial charge >= 0.3 is 0 Å². The first kappa shape index (κ1) is 14.1. The van der Waals surface area contributed by atoms with Crippen LogP contribution in [0.1, 0.15) is 37.1 Å². The summed E-state index contributed by atoms with van der Waals surface area (Å²) in [6, 6.07) is 13.7. The van der Waals surface area contributed by atoms with Crippen LogP contribution < -0.4 is 5.32 Å². The van der Waals surface area contributed by atoms with Gasteiger partial charge in [-0.3, -0.25) is 4.79 Å². The molecule has 1 atom stereocenters. The molecule has 0 aliphatic rings. The molecule has 0 radical (unpaired) electrons. The number of rotatable bonds is 6. The van der Waals surface area contributed by atoms with Gasteiger partial charge in [0.25, 0.3) is 0 Å². The van der Waals surface area contributed by atoms with Crippen LogP contribution in [0.15, 0.2) is 59.2 Å². The van der Waals surface area contributed by atoms with E-state index in [2.05, 4.69) is 12.2 Å². The minimum absolute atomic E-state index is 0.0509. The van der Waals surface area contributed by atoms with E-state index in [0.29, 0.717) is 5.76 Å². The third kappa shape index (κ3) is 4.12. The van der Waals surface area contributed by atoms with E-state index in [-0.39, 0.29) is 11.9 Å². The predicted octanol–water partition coefficient (Wildman–Crippen LogP) is 3.95. The maximum absolute atomic E-state index is 12.0. The summed E-state index contributed by atoms with van der Waals surface area (Å²) < 4.78 is 5.15. The third-order valence-electron chi connectivity index (χ3n) is 3.04. The molecule has 0 bridgehead atoms. The largest absolute Gasteiger partial charge is 0.465 e. The Labute approximate surface area is 119 Å². The van der Waals surface area contributed by atoms with Crippen molar-refractivity contribution in [2.24, 2.45) is 0 Å². The molecule has 2 rings (SSSR count). The lowest BCUT2D eigenvalue weighted by atomic mass is 10.0. The summed E-state index contributed by atoms with van der Waals surface area (Å²) in [5.41, 5.74) is 1.13. The smallest absolute Gasteiger partial charge is 0.244 e. The topological polar surface area (TPSA) is 42.2 Å². The number of carbonyl (C=O) groups is 1. The van der Waals surface area contributed by atoms with Crippen molar-refractivity contribution in [2.45, 2.75) is 25.8 Å². The minimum atomic E-state index is -0.108. The molecule has 1 unspecified atom stereocenters. The van der Waals surface area contributed by atoms with Crippen molar-refractivity contribution in [1.29, 1.82) is 0 Å². The lowest BCUT2D eigenvalue weighted by Crippen LogP contribution is -2.26.